The van der Waals surface area contributed by atoms with Gasteiger partial charge < -0.3 is 9.31 Å². The minimum atomic E-state index is -0.824. The molecule has 2 saturated carbocycles. The molecule has 0 radical (unpaired) electrons. The van der Waals surface area contributed by atoms with Gasteiger partial charge in [0.15, 0.2) is 0 Å². The van der Waals surface area contributed by atoms with Crippen LogP contribution in [-0.2, 0) is 9.31 Å². The molecule has 128 valence electrons. The van der Waals surface area contributed by atoms with Crippen LogP contribution in [0.5, 0.6) is 0 Å². The van der Waals surface area contributed by atoms with E-state index in [4.69, 9.17) is 9.31 Å². The lowest BCUT2D eigenvalue weighted by molar-refractivity contribution is 0.00578. The normalized spacial score (nSPS) is 27.6. The van der Waals surface area contributed by atoms with Gasteiger partial charge in [0.25, 0.3) is 0 Å². The first-order chi connectivity index (χ1) is 10.8. The third-order valence-electron chi connectivity index (χ3n) is 6.16. The van der Waals surface area contributed by atoms with Crippen molar-refractivity contribution in [3.05, 3.63) is 22.9 Å². The number of hydrogen-bond donors (Lipinski definition) is 0. The largest absolute Gasteiger partial charge is 0.525 e. The van der Waals surface area contributed by atoms with Crippen LogP contribution in [-0.4, -0.2) is 18.3 Å². The molecular weight excluding hydrogens is 290 g/mol. The van der Waals surface area contributed by atoms with Gasteiger partial charge in [-0.05, 0) is 77.7 Å². The molecule has 3 aliphatic rings. The monoisotopic (exact) mass is 320 g/mol. The van der Waals surface area contributed by atoms with E-state index in [1.54, 1.807) is 0 Å². The zero-order valence-corrected chi connectivity index (χ0v) is 15.1. The van der Waals surface area contributed by atoms with E-state index < -0.39 is 18.3 Å². The van der Waals surface area contributed by atoms with E-state index in [1.165, 1.54) is 31.3 Å². The molecule has 4 heteroatoms. The SMILES string of the molecule is CC1(C)OB(C(F)=C2CCC(=CC3CCCC3)CC2)OC1(C)C. The average Bonchev–Trinajstić information content (AvgIpc) is 3.05. The molecule has 0 spiro atoms. The molecule has 2 aliphatic carbocycles. The second-order valence-corrected chi connectivity index (χ2v) is 8.41. The van der Waals surface area contributed by atoms with Crippen LogP contribution in [0.3, 0.4) is 0 Å². The van der Waals surface area contributed by atoms with E-state index in [9.17, 15) is 4.39 Å². The van der Waals surface area contributed by atoms with Crippen molar-refractivity contribution in [2.45, 2.75) is 90.3 Å². The van der Waals surface area contributed by atoms with Gasteiger partial charge in [-0.25, -0.2) is 4.39 Å². The van der Waals surface area contributed by atoms with E-state index >= 15 is 0 Å². The molecule has 3 fully saturated rings. The maximum absolute atomic E-state index is 14.8. The average molecular weight is 320 g/mol. The first-order valence-electron chi connectivity index (χ1n) is 9.21. The number of halogens is 1. The molecule has 1 saturated heterocycles. The molecule has 0 amide bonds. The van der Waals surface area contributed by atoms with Crippen molar-refractivity contribution in [3.63, 3.8) is 0 Å². The molecule has 1 heterocycles. The van der Waals surface area contributed by atoms with Gasteiger partial charge in [0, 0.05) is 0 Å². The number of hydrogen-bond acceptors (Lipinski definition) is 2. The fourth-order valence-corrected chi connectivity index (χ4v) is 3.85. The van der Waals surface area contributed by atoms with Crippen LogP contribution in [0, 0.1) is 5.92 Å². The molecule has 2 nitrogen and oxygen atoms in total. The Kier molecular flexibility index (Phi) is 4.77. The van der Waals surface area contributed by atoms with Crippen LogP contribution >= 0.6 is 0 Å². The van der Waals surface area contributed by atoms with Gasteiger partial charge in [-0.2, -0.15) is 0 Å². The van der Waals surface area contributed by atoms with Crippen LogP contribution in [0.1, 0.15) is 79.1 Å². The Labute approximate surface area is 140 Å². The van der Waals surface area contributed by atoms with E-state index in [0.29, 0.717) is 0 Å². The number of allylic oxidation sites excluding steroid dienone is 3. The van der Waals surface area contributed by atoms with E-state index in [1.807, 2.05) is 27.7 Å². The van der Waals surface area contributed by atoms with E-state index in [0.717, 1.165) is 37.2 Å². The summed E-state index contributed by atoms with van der Waals surface area (Å²) in [4.78, 5) is 0. The zero-order chi connectivity index (χ0) is 16.7. The minimum Gasteiger partial charge on any atom is -0.398 e. The Hall–Kier alpha value is -0.605. The van der Waals surface area contributed by atoms with E-state index in [-0.39, 0.29) is 5.73 Å². The summed E-state index contributed by atoms with van der Waals surface area (Å²) in [5, 5.41) is 0. The van der Waals surface area contributed by atoms with Gasteiger partial charge in [0.05, 0.1) is 11.2 Å². The first-order valence-corrected chi connectivity index (χ1v) is 9.21. The Morgan fingerprint density at radius 1 is 1.00 bits per heavy atom. The lowest BCUT2D eigenvalue weighted by atomic mass is 9.78. The molecular formula is C19H30BFO2. The fourth-order valence-electron chi connectivity index (χ4n) is 3.85. The molecule has 0 atom stereocenters. The highest BCUT2D eigenvalue weighted by Gasteiger charge is 2.53. The Morgan fingerprint density at radius 3 is 2.04 bits per heavy atom. The molecule has 23 heavy (non-hydrogen) atoms. The minimum absolute atomic E-state index is 0.177. The molecule has 0 aromatic heterocycles. The summed E-state index contributed by atoms with van der Waals surface area (Å²) in [6, 6.07) is 0. The molecule has 0 unspecified atom stereocenters. The summed E-state index contributed by atoms with van der Waals surface area (Å²) in [5.41, 5.74) is 1.30. The van der Waals surface area contributed by atoms with Crippen LogP contribution in [0.4, 0.5) is 4.39 Å². The van der Waals surface area contributed by atoms with Crippen molar-refractivity contribution in [2.75, 3.05) is 0 Å². The summed E-state index contributed by atoms with van der Waals surface area (Å²) in [6.45, 7) is 7.87. The standard InChI is InChI=1S/C19H30BFO2/c1-18(2)19(3,4)23-20(22-18)17(21)16-11-9-15(10-12-16)13-14-7-5-6-8-14/h13-14H,5-12H2,1-4H3. The Morgan fingerprint density at radius 2 is 1.52 bits per heavy atom. The quantitative estimate of drug-likeness (QED) is 0.492. The Balaban J connectivity index is 1.63. The summed E-state index contributed by atoms with van der Waals surface area (Å²) in [7, 11) is -0.824. The van der Waals surface area contributed by atoms with Gasteiger partial charge in [0.1, 0.15) is 5.73 Å². The number of rotatable bonds is 2. The third-order valence-corrected chi connectivity index (χ3v) is 6.16. The van der Waals surface area contributed by atoms with Crippen molar-refractivity contribution < 1.29 is 13.7 Å². The summed E-state index contributed by atoms with van der Waals surface area (Å²) >= 11 is 0. The van der Waals surface area contributed by atoms with Gasteiger partial charge >= 0.3 is 7.12 Å². The lowest BCUT2D eigenvalue weighted by Crippen LogP contribution is -2.41. The third kappa shape index (κ3) is 3.58. The Bertz CT molecular complexity index is 487. The van der Waals surface area contributed by atoms with Gasteiger partial charge in [-0.3, -0.25) is 0 Å². The topological polar surface area (TPSA) is 18.5 Å². The van der Waals surface area contributed by atoms with Gasteiger partial charge in [-0.15, -0.1) is 0 Å². The summed E-state index contributed by atoms with van der Waals surface area (Å²) in [6.07, 6.45) is 11.5. The smallest absolute Gasteiger partial charge is 0.398 e. The summed E-state index contributed by atoms with van der Waals surface area (Å²) in [5.74, 6) is 0.781. The highest BCUT2D eigenvalue weighted by atomic mass is 19.1. The second-order valence-electron chi connectivity index (χ2n) is 8.41. The highest BCUT2D eigenvalue weighted by Crippen LogP contribution is 2.41. The molecule has 1 aliphatic heterocycles. The van der Waals surface area contributed by atoms with Crippen molar-refractivity contribution in [1.82, 2.24) is 0 Å². The van der Waals surface area contributed by atoms with E-state index in [2.05, 4.69) is 6.08 Å². The van der Waals surface area contributed by atoms with Crippen molar-refractivity contribution in [2.24, 2.45) is 5.92 Å². The predicted octanol–water partition coefficient (Wildman–Crippen LogP) is 5.53. The fraction of sp³-hybridized carbons (Fsp3) is 0.789. The molecule has 0 aromatic carbocycles. The van der Waals surface area contributed by atoms with Gasteiger partial charge in [0.2, 0.25) is 0 Å². The van der Waals surface area contributed by atoms with Gasteiger partial charge in [-0.1, -0.05) is 24.5 Å². The van der Waals surface area contributed by atoms with Crippen molar-refractivity contribution in [3.8, 4) is 0 Å². The van der Waals surface area contributed by atoms with Crippen molar-refractivity contribution >= 4 is 7.12 Å². The zero-order valence-electron chi connectivity index (χ0n) is 15.1. The van der Waals surface area contributed by atoms with Crippen LogP contribution in [0.15, 0.2) is 22.9 Å². The lowest BCUT2D eigenvalue weighted by Gasteiger charge is -2.32. The molecule has 0 N–H and O–H groups in total. The molecule has 0 bridgehead atoms. The molecule has 0 aromatic rings. The predicted molar refractivity (Wildman–Crippen MR) is 92.7 cm³/mol. The highest BCUT2D eigenvalue weighted by molar-refractivity contribution is 6.53. The maximum Gasteiger partial charge on any atom is 0.525 e. The second kappa shape index (κ2) is 6.36. The van der Waals surface area contributed by atoms with Crippen LogP contribution in [0.25, 0.3) is 0 Å². The first kappa shape index (κ1) is 17.2. The van der Waals surface area contributed by atoms with Crippen LogP contribution in [0.2, 0.25) is 0 Å². The summed E-state index contributed by atoms with van der Waals surface area (Å²) < 4.78 is 26.5. The molecule has 3 rings (SSSR count). The maximum atomic E-state index is 14.8. The van der Waals surface area contributed by atoms with Crippen LogP contribution < -0.4 is 0 Å². The van der Waals surface area contributed by atoms with Crippen molar-refractivity contribution in [1.29, 1.82) is 0 Å².